The fourth-order valence-corrected chi connectivity index (χ4v) is 1.44. The summed E-state index contributed by atoms with van der Waals surface area (Å²) in [4.78, 5) is 3.92. The third kappa shape index (κ3) is 2.47. The van der Waals surface area contributed by atoms with Gasteiger partial charge >= 0.3 is 0 Å². The fourth-order valence-electron chi connectivity index (χ4n) is 0.955. The zero-order valence-corrected chi connectivity index (χ0v) is 8.48. The molecular formula is C8H11BrN2O2. The largest absolute Gasteiger partial charge is 0.389 e. The monoisotopic (exact) mass is 246 g/mol. The summed E-state index contributed by atoms with van der Waals surface area (Å²) in [5, 5.41) is 18.9. The van der Waals surface area contributed by atoms with Crippen molar-refractivity contribution in [2.45, 2.75) is 12.2 Å². The number of nitrogens with two attached hydrogens (primary N) is 1. The van der Waals surface area contributed by atoms with Crippen molar-refractivity contribution in [3.8, 4) is 0 Å². The summed E-state index contributed by atoms with van der Waals surface area (Å²) in [7, 11) is 0. The molecule has 0 radical (unpaired) electrons. The normalized spacial score (nSPS) is 15.4. The molecule has 0 spiro atoms. The summed E-state index contributed by atoms with van der Waals surface area (Å²) in [5.74, 6) is 0. The maximum atomic E-state index is 9.57. The predicted molar refractivity (Wildman–Crippen MR) is 52.0 cm³/mol. The molecule has 0 saturated heterocycles. The molecule has 4 N–H and O–H groups in total. The second kappa shape index (κ2) is 4.66. The van der Waals surface area contributed by atoms with Gasteiger partial charge in [0.05, 0.1) is 6.10 Å². The molecule has 0 fully saturated rings. The Labute approximate surface area is 84.5 Å². The third-order valence-electron chi connectivity index (χ3n) is 1.71. The van der Waals surface area contributed by atoms with Gasteiger partial charge in [-0.3, -0.25) is 0 Å². The summed E-state index contributed by atoms with van der Waals surface area (Å²) >= 11 is 3.17. The topological polar surface area (TPSA) is 79.4 Å². The summed E-state index contributed by atoms with van der Waals surface area (Å²) in [5.41, 5.74) is 5.76. The first-order valence-electron chi connectivity index (χ1n) is 3.83. The summed E-state index contributed by atoms with van der Waals surface area (Å²) < 4.78 is 0.523. The molecule has 0 saturated carbocycles. The number of pyridine rings is 1. The number of halogens is 1. The van der Waals surface area contributed by atoms with Crippen molar-refractivity contribution in [2.24, 2.45) is 5.73 Å². The first-order valence-corrected chi connectivity index (χ1v) is 4.62. The SMILES string of the molecule is NCC(O)C(O)c1cccnc1Br. The van der Waals surface area contributed by atoms with E-state index in [0.29, 0.717) is 10.2 Å². The third-order valence-corrected chi connectivity index (χ3v) is 2.38. The molecule has 0 aliphatic rings. The van der Waals surface area contributed by atoms with Crippen LogP contribution in [-0.4, -0.2) is 27.8 Å². The number of aromatic nitrogens is 1. The van der Waals surface area contributed by atoms with Crippen LogP contribution in [0.2, 0.25) is 0 Å². The summed E-state index contributed by atoms with van der Waals surface area (Å²) in [6, 6.07) is 3.37. The number of hydrogen-bond donors (Lipinski definition) is 3. The van der Waals surface area contributed by atoms with E-state index in [2.05, 4.69) is 20.9 Å². The Hall–Kier alpha value is -0.490. The lowest BCUT2D eigenvalue weighted by Crippen LogP contribution is -2.27. The second-order valence-electron chi connectivity index (χ2n) is 2.63. The molecule has 1 rings (SSSR count). The van der Waals surface area contributed by atoms with Crippen LogP contribution in [0.3, 0.4) is 0 Å². The zero-order chi connectivity index (χ0) is 9.84. The van der Waals surface area contributed by atoms with Gasteiger partial charge in [-0.2, -0.15) is 0 Å². The first kappa shape index (κ1) is 10.6. The van der Waals surface area contributed by atoms with Crippen molar-refractivity contribution in [3.05, 3.63) is 28.5 Å². The van der Waals surface area contributed by atoms with Crippen LogP contribution in [0.15, 0.2) is 22.9 Å². The number of rotatable bonds is 3. The van der Waals surface area contributed by atoms with Gasteiger partial charge in [0.15, 0.2) is 0 Å². The molecule has 1 heterocycles. The van der Waals surface area contributed by atoms with Crippen LogP contribution < -0.4 is 5.73 Å². The Kier molecular flexibility index (Phi) is 3.80. The zero-order valence-electron chi connectivity index (χ0n) is 6.89. The van der Waals surface area contributed by atoms with Gasteiger partial charge in [-0.05, 0) is 22.0 Å². The molecule has 0 aromatic carbocycles. The molecule has 2 unspecified atom stereocenters. The van der Waals surface area contributed by atoms with Crippen molar-refractivity contribution >= 4 is 15.9 Å². The van der Waals surface area contributed by atoms with Crippen LogP contribution in [-0.2, 0) is 0 Å². The first-order chi connectivity index (χ1) is 6.16. The van der Waals surface area contributed by atoms with Crippen molar-refractivity contribution in [3.63, 3.8) is 0 Å². The lowest BCUT2D eigenvalue weighted by molar-refractivity contribution is 0.0236. The van der Waals surface area contributed by atoms with E-state index >= 15 is 0 Å². The molecule has 0 aliphatic heterocycles. The molecule has 4 nitrogen and oxygen atoms in total. The van der Waals surface area contributed by atoms with E-state index < -0.39 is 12.2 Å². The minimum absolute atomic E-state index is 0.0164. The van der Waals surface area contributed by atoms with E-state index in [1.807, 2.05) is 0 Å². The van der Waals surface area contributed by atoms with Gasteiger partial charge < -0.3 is 15.9 Å². The van der Waals surface area contributed by atoms with E-state index in [9.17, 15) is 10.2 Å². The van der Waals surface area contributed by atoms with Crippen molar-refractivity contribution in [1.29, 1.82) is 0 Å². The highest BCUT2D eigenvalue weighted by molar-refractivity contribution is 9.10. The Morgan fingerprint density at radius 2 is 2.23 bits per heavy atom. The van der Waals surface area contributed by atoms with Crippen LogP contribution in [0.1, 0.15) is 11.7 Å². The molecule has 2 atom stereocenters. The Morgan fingerprint density at radius 3 is 2.77 bits per heavy atom. The Morgan fingerprint density at radius 1 is 1.54 bits per heavy atom. The lowest BCUT2D eigenvalue weighted by Gasteiger charge is -2.16. The van der Waals surface area contributed by atoms with Gasteiger partial charge in [0, 0.05) is 18.3 Å². The van der Waals surface area contributed by atoms with E-state index in [-0.39, 0.29) is 6.54 Å². The van der Waals surface area contributed by atoms with Gasteiger partial charge in [0.2, 0.25) is 0 Å². The maximum absolute atomic E-state index is 9.57. The quantitative estimate of drug-likeness (QED) is 0.666. The number of nitrogens with zero attached hydrogens (tertiary/aromatic N) is 1. The number of aliphatic hydroxyl groups excluding tert-OH is 2. The number of hydrogen-bond acceptors (Lipinski definition) is 4. The predicted octanol–water partition coefficient (Wildman–Crippen LogP) is 0.197. The maximum Gasteiger partial charge on any atom is 0.111 e. The fraction of sp³-hybridized carbons (Fsp3) is 0.375. The van der Waals surface area contributed by atoms with E-state index in [0.717, 1.165) is 0 Å². The van der Waals surface area contributed by atoms with Gasteiger partial charge in [-0.15, -0.1) is 0 Å². The highest BCUT2D eigenvalue weighted by Gasteiger charge is 2.19. The molecule has 1 aromatic heterocycles. The van der Waals surface area contributed by atoms with Crippen LogP contribution in [0, 0.1) is 0 Å². The molecular weight excluding hydrogens is 236 g/mol. The van der Waals surface area contributed by atoms with E-state index in [1.165, 1.54) is 0 Å². The van der Waals surface area contributed by atoms with E-state index in [4.69, 9.17) is 5.73 Å². The highest BCUT2D eigenvalue weighted by atomic mass is 79.9. The van der Waals surface area contributed by atoms with Crippen molar-refractivity contribution in [1.82, 2.24) is 4.98 Å². The molecule has 0 bridgehead atoms. The lowest BCUT2D eigenvalue weighted by atomic mass is 10.1. The Balaban J connectivity index is 2.88. The van der Waals surface area contributed by atoms with Gasteiger partial charge in [-0.1, -0.05) is 6.07 Å². The van der Waals surface area contributed by atoms with Crippen molar-refractivity contribution in [2.75, 3.05) is 6.54 Å². The average Bonchev–Trinajstić information content (AvgIpc) is 2.16. The summed E-state index contributed by atoms with van der Waals surface area (Å²) in [6.45, 7) is 0.0164. The summed E-state index contributed by atoms with van der Waals surface area (Å²) in [6.07, 6.45) is -0.358. The second-order valence-corrected chi connectivity index (χ2v) is 3.38. The molecule has 13 heavy (non-hydrogen) atoms. The van der Waals surface area contributed by atoms with E-state index in [1.54, 1.807) is 18.3 Å². The molecule has 0 aliphatic carbocycles. The van der Waals surface area contributed by atoms with Gasteiger partial charge in [0.25, 0.3) is 0 Å². The van der Waals surface area contributed by atoms with Crippen LogP contribution in [0.25, 0.3) is 0 Å². The van der Waals surface area contributed by atoms with Gasteiger partial charge in [-0.25, -0.2) is 4.98 Å². The van der Waals surface area contributed by atoms with Crippen LogP contribution in [0.5, 0.6) is 0 Å². The average molecular weight is 247 g/mol. The minimum Gasteiger partial charge on any atom is -0.389 e. The standard InChI is InChI=1S/C8H11BrN2O2/c9-8-5(2-1-3-11-8)7(13)6(12)4-10/h1-3,6-7,12-13H,4,10H2. The molecule has 1 aromatic rings. The smallest absolute Gasteiger partial charge is 0.111 e. The molecule has 72 valence electrons. The molecule has 0 amide bonds. The Bertz CT molecular complexity index is 283. The van der Waals surface area contributed by atoms with Gasteiger partial charge in [0.1, 0.15) is 10.7 Å². The minimum atomic E-state index is -0.993. The number of aliphatic hydroxyl groups is 2. The van der Waals surface area contributed by atoms with Crippen LogP contribution >= 0.6 is 15.9 Å². The highest BCUT2D eigenvalue weighted by Crippen LogP contribution is 2.22. The van der Waals surface area contributed by atoms with Crippen LogP contribution in [0.4, 0.5) is 0 Å². The molecule has 5 heteroatoms. The van der Waals surface area contributed by atoms with Crippen molar-refractivity contribution < 1.29 is 10.2 Å².